The molecule has 0 spiro atoms. The second-order valence-corrected chi connectivity index (χ2v) is 8.96. The van der Waals surface area contributed by atoms with Gasteiger partial charge in [-0.05, 0) is 17.7 Å². The van der Waals surface area contributed by atoms with Gasteiger partial charge in [0.15, 0.2) is 0 Å². The molecule has 1 saturated heterocycles. The van der Waals surface area contributed by atoms with Crippen molar-refractivity contribution in [2.45, 2.75) is 6.54 Å². The molecular formula is C26H24N10O2. The standard InChI is InChI=1S/C26H24N10O2/c1-33-15-21(13-30-33)19-8-23(25-20(9-27)12-31-35(25)16-19)22-14-32-36(17-22)26(37)29-11-18-2-3-24(28-10-18)34-4-6-38-7-5-34/h2-3,8,10,12-17H,4-7,11H2,1H3,(H,29,37). The number of aryl methyl sites for hydroxylation is 1. The van der Waals surface area contributed by atoms with Gasteiger partial charge in [-0.25, -0.2) is 14.3 Å². The molecule has 0 unspecified atom stereocenters. The van der Waals surface area contributed by atoms with Gasteiger partial charge in [0.05, 0.1) is 42.9 Å². The number of hydrogen-bond acceptors (Lipinski definition) is 8. The van der Waals surface area contributed by atoms with Crippen molar-refractivity contribution in [3.63, 3.8) is 0 Å². The van der Waals surface area contributed by atoms with E-state index >= 15 is 0 Å². The van der Waals surface area contributed by atoms with Crippen molar-refractivity contribution in [2.24, 2.45) is 7.05 Å². The minimum Gasteiger partial charge on any atom is -0.378 e. The van der Waals surface area contributed by atoms with Crippen molar-refractivity contribution in [2.75, 3.05) is 31.2 Å². The van der Waals surface area contributed by atoms with Crippen LogP contribution in [-0.4, -0.2) is 66.5 Å². The highest BCUT2D eigenvalue weighted by molar-refractivity contribution is 5.88. The normalized spacial score (nSPS) is 13.5. The molecule has 5 aromatic rings. The molecule has 0 aliphatic carbocycles. The summed E-state index contributed by atoms with van der Waals surface area (Å²) in [6.45, 7) is 3.34. The molecule has 0 aromatic carbocycles. The van der Waals surface area contributed by atoms with E-state index in [0.29, 0.717) is 36.4 Å². The molecule has 1 N–H and O–H groups in total. The van der Waals surface area contributed by atoms with Crippen LogP contribution in [0.15, 0.2) is 61.6 Å². The maximum absolute atomic E-state index is 12.9. The van der Waals surface area contributed by atoms with Gasteiger partial charge >= 0.3 is 6.03 Å². The molecule has 6 rings (SSSR count). The van der Waals surface area contributed by atoms with Gasteiger partial charge in [-0.3, -0.25) is 4.68 Å². The first kappa shape index (κ1) is 23.4. The number of hydrogen-bond donors (Lipinski definition) is 1. The Balaban J connectivity index is 1.22. The lowest BCUT2D eigenvalue weighted by Crippen LogP contribution is -2.36. The first-order valence-electron chi connectivity index (χ1n) is 12.1. The van der Waals surface area contributed by atoms with E-state index < -0.39 is 0 Å². The number of amides is 1. The summed E-state index contributed by atoms with van der Waals surface area (Å²) >= 11 is 0. The Hall–Kier alpha value is -5.02. The number of morpholine rings is 1. The van der Waals surface area contributed by atoms with E-state index in [1.54, 1.807) is 34.0 Å². The summed E-state index contributed by atoms with van der Waals surface area (Å²) in [5.41, 5.74) is 5.16. The molecule has 1 amide bonds. The van der Waals surface area contributed by atoms with Gasteiger partial charge < -0.3 is 15.0 Å². The molecule has 0 bridgehead atoms. The van der Waals surface area contributed by atoms with Crippen molar-refractivity contribution >= 4 is 17.4 Å². The van der Waals surface area contributed by atoms with Crippen LogP contribution in [0.1, 0.15) is 11.1 Å². The van der Waals surface area contributed by atoms with Gasteiger partial charge in [-0.15, -0.1) is 0 Å². The summed E-state index contributed by atoms with van der Waals surface area (Å²) in [6.07, 6.45) is 12.1. The van der Waals surface area contributed by atoms with Crippen molar-refractivity contribution in [1.82, 2.24) is 39.5 Å². The fourth-order valence-corrected chi connectivity index (χ4v) is 4.48. The Bertz CT molecular complexity index is 1650. The number of aromatic nitrogens is 7. The van der Waals surface area contributed by atoms with Crippen molar-refractivity contribution < 1.29 is 9.53 Å². The molecule has 190 valence electrons. The molecule has 38 heavy (non-hydrogen) atoms. The smallest absolute Gasteiger partial charge is 0.342 e. The number of nitriles is 1. The summed E-state index contributed by atoms with van der Waals surface area (Å²) in [5.74, 6) is 0.900. The van der Waals surface area contributed by atoms with Crippen molar-refractivity contribution in [3.05, 3.63) is 72.7 Å². The third-order valence-electron chi connectivity index (χ3n) is 6.46. The molecule has 0 atom stereocenters. The number of fused-ring (bicyclic) bond motifs is 1. The lowest BCUT2D eigenvalue weighted by atomic mass is 10.0. The zero-order valence-corrected chi connectivity index (χ0v) is 20.7. The van der Waals surface area contributed by atoms with Gasteiger partial charge in [-0.1, -0.05) is 6.07 Å². The first-order valence-corrected chi connectivity index (χ1v) is 12.1. The summed E-state index contributed by atoms with van der Waals surface area (Å²) in [7, 11) is 1.85. The highest BCUT2D eigenvalue weighted by Crippen LogP contribution is 2.31. The van der Waals surface area contributed by atoms with Crippen LogP contribution in [0.3, 0.4) is 0 Å². The second kappa shape index (κ2) is 9.79. The van der Waals surface area contributed by atoms with Crippen LogP contribution in [-0.2, 0) is 18.3 Å². The Morgan fingerprint density at radius 1 is 1.03 bits per heavy atom. The van der Waals surface area contributed by atoms with Gasteiger partial charge in [0.2, 0.25) is 0 Å². The monoisotopic (exact) mass is 508 g/mol. The minimum absolute atomic E-state index is 0.312. The Morgan fingerprint density at radius 3 is 2.61 bits per heavy atom. The Labute approximate surface area is 217 Å². The number of anilines is 1. The number of pyridine rings is 2. The van der Waals surface area contributed by atoms with Gasteiger partial charge in [-0.2, -0.15) is 25.2 Å². The van der Waals surface area contributed by atoms with Gasteiger partial charge in [0.1, 0.15) is 11.9 Å². The second-order valence-electron chi connectivity index (χ2n) is 8.96. The highest BCUT2D eigenvalue weighted by Gasteiger charge is 2.17. The highest BCUT2D eigenvalue weighted by atomic mass is 16.5. The SMILES string of the molecule is Cn1cc(-c2cc(-c3cnn(C(=O)NCc4ccc(N5CCOCC5)nc4)c3)c3c(C#N)cnn3c2)cn1. The molecule has 0 saturated carbocycles. The minimum atomic E-state index is -0.373. The molecule has 5 aromatic heterocycles. The van der Waals surface area contributed by atoms with E-state index in [1.807, 2.05) is 37.6 Å². The van der Waals surface area contributed by atoms with Crippen LogP contribution in [0.2, 0.25) is 0 Å². The molecular weight excluding hydrogens is 484 g/mol. The lowest BCUT2D eigenvalue weighted by Gasteiger charge is -2.27. The van der Waals surface area contributed by atoms with E-state index in [2.05, 4.69) is 36.6 Å². The Morgan fingerprint density at radius 2 is 1.87 bits per heavy atom. The van der Waals surface area contributed by atoms with E-state index in [9.17, 15) is 10.1 Å². The van der Waals surface area contributed by atoms with Crippen molar-refractivity contribution in [3.8, 4) is 28.3 Å². The number of carbonyl (C=O) groups excluding carboxylic acids is 1. The summed E-state index contributed by atoms with van der Waals surface area (Å²) in [6, 6.07) is 7.69. The maximum Gasteiger partial charge on any atom is 0.342 e. The predicted octanol–water partition coefficient (Wildman–Crippen LogP) is 2.46. The summed E-state index contributed by atoms with van der Waals surface area (Å²) < 4.78 is 10.0. The average Bonchev–Trinajstić information content (AvgIpc) is 3.72. The topological polar surface area (TPSA) is 131 Å². The van der Waals surface area contributed by atoms with E-state index in [4.69, 9.17) is 4.74 Å². The van der Waals surface area contributed by atoms with E-state index in [0.717, 1.165) is 41.2 Å². The zero-order chi connectivity index (χ0) is 26.1. The molecule has 12 nitrogen and oxygen atoms in total. The first-order chi connectivity index (χ1) is 18.6. The average molecular weight is 509 g/mol. The van der Waals surface area contributed by atoms with Crippen molar-refractivity contribution in [1.29, 1.82) is 5.26 Å². The summed E-state index contributed by atoms with van der Waals surface area (Å²) in [4.78, 5) is 19.6. The number of ether oxygens (including phenoxy) is 1. The maximum atomic E-state index is 12.9. The van der Waals surface area contributed by atoms with Crippen LogP contribution < -0.4 is 10.2 Å². The largest absolute Gasteiger partial charge is 0.378 e. The molecule has 1 fully saturated rings. The fourth-order valence-electron chi connectivity index (χ4n) is 4.48. The number of carbonyl (C=O) groups is 1. The quantitative estimate of drug-likeness (QED) is 0.383. The summed E-state index contributed by atoms with van der Waals surface area (Å²) in [5, 5.41) is 25.4. The number of nitrogens with zero attached hydrogens (tertiary/aromatic N) is 9. The Kier molecular flexibility index (Phi) is 6.03. The van der Waals surface area contributed by atoms with Gasteiger partial charge in [0.25, 0.3) is 0 Å². The van der Waals surface area contributed by atoms with Crippen LogP contribution in [0.4, 0.5) is 10.6 Å². The van der Waals surface area contributed by atoms with E-state index in [-0.39, 0.29) is 6.03 Å². The third-order valence-corrected chi connectivity index (χ3v) is 6.46. The number of nitrogens with one attached hydrogen (secondary N) is 1. The predicted molar refractivity (Wildman–Crippen MR) is 138 cm³/mol. The van der Waals surface area contributed by atoms with E-state index in [1.165, 1.54) is 10.9 Å². The van der Waals surface area contributed by atoms with Crippen LogP contribution in [0, 0.1) is 11.3 Å². The van der Waals surface area contributed by atoms with Crippen LogP contribution in [0.5, 0.6) is 0 Å². The van der Waals surface area contributed by atoms with Crippen LogP contribution >= 0.6 is 0 Å². The lowest BCUT2D eigenvalue weighted by molar-refractivity contribution is 0.122. The molecule has 12 heteroatoms. The van der Waals surface area contributed by atoms with Crippen LogP contribution in [0.25, 0.3) is 27.8 Å². The molecule has 6 heterocycles. The molecule has 1 aliphatic heterocycles. The zero-order valence-electron chi connectivity index (χ0n) is 20.7. The van der Waals surface area contributed by atoms with Gasteiger partial charge in [0, 0.05) is 73.7 Å². The molecule has 1 aliphatic rings. The third kappa shape index (κ3) is 4.46. The fraction of sp³-hybridized carbons (Fsp3) is 0.231. The number of rotatable bonds is 5. The molecule has 0 radical (unpaired) electrons.